The lowest BCUT2D eigenvalue weighted by Crippen LogP contribution is -2.38. The van der Waals surface area contributed by atoms with E-state index in [1.807, 2.05) is 13.1 Å². The number of halogens is 2. The van der Waals surface area contributed by atoms with E-state index in [-0.39, 0.29) is 24.8 Å². The Morgan fingerprint density at radius 2 is 1.23 bits per heavy atom. The van der Waals surface area contributed by atoms with Crippen LogP contribution in [0.1, 0.15) is 0 Å². The average molecular weight is 251 g/mol. The quantitative estimate of drug-likeness (QED) is 0.674. The maximum absolute atomic E-state index is 5.42. The first-order valence-electron chi connectivity index (χ1n) is 3.80. The summed E-state index contributed by atoms with van der Waals surface area (Å²) >= 11 is 0. The molecular weight excluding hydrogens is 231 g/mol. The molecule has 13 heavy (non-hydrogen) atoms. The Labute approximate surface area is 93.4 Å². The summed E-state index contributed by atoms with van der Waals surface area (Å²) in [6.45, 7) is 6.20. The van der Waals surface area contributed by atoms with E-state index in [1.54, 1.807) is 0 Å². The van der Waals surface area contributed by atoms with E-state index >= 15 is 0 Å². The molecule has 4 N–H and O–H groups in total. The standard InChI is InChI=1S/C6H18N2O2Si.2ClH/c1-11(2,9-5-3-7)10-6-4-8;;/h3-8H2,1-2H3;2*1H. The molecule has 0 unspecified atom stereocenters. The minimum absolute atomic E-state index is 0. The molecule has 0 rings (SSSR count). The molecule has 0 aliphatic heterocycles. The summed E-state index contributed by atoms with van der Waals surface area (Å²) in [6, 6.07) is 0. The normalized spacial score (nSPS) is 10.2. The van der Waals surface area contributed by atoms with Gasteiger partial charge in [0, 0.05) is 26.3 Å². The van der Waals surface area contributed by atoms with Crippen LogP contribution in [0.25, 0.3) is 0 Å². The Morgan fingerprint density at radius 1 is 0.923 bits per heavy atom. The van der Waals surface area contributed by atoms with Crippen molar-refractivity contribution in [2.24, 2.45) is 11.5 Å². The summed E-state index contributed by atoms with van der Waals surface area (Å²) in [5.41, 5.74) is 10.6. The third-order valence-electron chi connectivity index (χ3n) is 1.14. The fraction of sp³-hybridized carbons (Fsp3) is 1.00. The molecule has 0 radical (unpaired) electrons. The van der Waals surface area contributed by atoms with Crippen LogP contribution in [0.5, 0.6) is 0 Å². The van der Waals surface area contributed by atoms with Crippen LogP contribution in [0.15, 0.2) is 0 Å². The Kier molecular flexibility index (Phi) is 15.9. The van der Waals surface area contributed by atoms with Gasteiger partial charge in [0.25, 0.3) is 0 Å². The van der Waals surface area contributed by atoms with Crippen molar-refractivity contribution in [2.45, 2.75) is 13.1 Å². The van der Waals surface area contributed by atoms with Crippen LogP contribution < -0.4 is 11.5 Å². The summed E-state index contributed by atoms with van der Waals surface area (Å²) in [5, 5.41) is 0. The summed E-state index contributed by atoms with van der Waals surface area (Å²) in [7, 11) is -1.91. The minimum atomic E-state index is -1.91. The molecule has 0 aliphatic rings. The fourth-order valence-corrected chi connectivity index (χ4v) is 1.95. The molecule has 0 spiro atoms. The van der Waals surface area contributed by atoms with Gasteiger partial charge < -0.3 is 20.3 Å². The third kappa shape index (κ3) is 12.6. The van der Waals surface area contributed by atoms with Crippen LogP contribution in [-0.4, -0.2) is 34.9 Å². The molecule has 0 aromatic heterocycles. The van der Waals surface area contributed by atoms with E-state index in [2.05, 4.69) is 0 Å². The first-order valence-corrected chi connectivity index (χ1v) is 6.62. The summed E-state index contributed by atoms with van der Waals surface area (Å²) < 4.78 is 10.8. The van der Waals surface area contributed by atoms with E-state index < -0.39 is 8.56 Å². The Morgan fingerprint density at radius 3 is 1.46 bits per heavy atom. The molecule has 0 saturated heterocycles. The molecule has 0 amide bonds. The Bertz CT molecular complexity index is 98.6. The third-order valence-corrected chi connectivity index (χ3v) is 2.93. The van der Waals surface area contributed by atoms with Crippen molar-refractivity contribution in [1.29, 1.82) is 0 Å². The second-order valence-electron chi connectivity index (χ2n) is 2.67. The zero-order valence-electron chi connectivity index (χ0n) is 8.12. The van der Waals surface area contributed by atoms with Crippen molar-refractivity contribution in [3.05, 3.63) is 0 Å². The maximum atomic E-state index is 5.42. The van der Waals surface area contributed by atoms with E-state index in [0.717, 1.165) is 0 Å². The van der Waals surface area contributed by atoms with Crippen LogP contribution in [0.3, 0.4) is 0 Å². The molecule has 0 fully saturated rings. The predicted molar refractivity (Wildman–Crippen MR) is 62.0 cm³/mol. The molecular formula is C6H20Cl2N2O2Si. The van der Waals surface area contributed by atoms with Gasteiger partial charge in [-0.05, 0) is 13.1 Å². The van der Waals surface area contributed by atoms with Gasteiger partial charge in [-0.15, -0.1) is 24.8 Å². The van der Waals surface area contributed by atoms with E-state index in [0.29, 0.717) is 26.3 Å². The molecule has 0 heterocycles. The van der Waals surface area contributed by atoms with Gasteiger partial charge in [-0.2, -0.15) is 0 Å². The lowest BCUT2D eigenvalue weighted by atomic mass is 10.8. The van der Waals surface area contributed by atoms with Gasteiger partial charge in [-0.25, -0.2) is 0 Å². The summed E-state index contributed by atoms with van der Waals surface area (Å²) in [5.74, 6) is 0. The SMILES string of the molecule is C[Si](C)(OCCN)OCCN.Cl.Cl. The number of rotatable bonds is 6. The summed E-state index contributed by atoms with van der Waals surface area (Å²) in [4.78, 5) is 0. The van der Waals surface area contributed by atoms with Gasteiger partial charge in [0.2, 0.25) is 0 Å². The van der Waals surface area contributed by atoms with Gasteiger partial charge in [0.1, 0.15) is 0 Å². The van der Waals surface area contributed by atoms with Gasteiger partial charge in [0.15, 0.2) is 0 Å². The average Bonchev–Trinajstić information content (AvgIpc) is 1.97. The number of hydrogen-bond acceptors (Lipinski definition) is 4. The van der Waals surface area contributed by atoms with Crippen molar-refractivity contribution >= 4 is 33.4 Å². The first kappa shape index (κ1) is 19.2. The fourth-order valence-electron chi connectivity index (χ4n) is 0.651. The van der Waals surface area contributed by atoms with Crippen LogP contribution in [0, 0.1) is 0 Å². The van der Waals surface area contributed by atoms with Crippen molar-refractivity contribution in [3.8, 4) is 0 Å². The highest BCUT2D eigenvalue weighted by molar-refractivity contribution is 6.64. The Hall–Kier alpha value is 0.637. The highest BCUT2D eigenvalue weighted by atomic mass is 35.5. The van der Waals surface area contributed by atoms with Gasteiger partial charge >= 0.3 is 8.56 Å². The van der Waals surface area contributed by atoms with E-state index in [4.69, 9.17) is 20.3 Å². The maximum Gasteiger partial charge on any atom is 0.331 e. The molecule has 0 aliphatic carbocycles. The number of hydrogen-bond donors (Lipinski definition) is 2. The van der Waals surface area contributed by atoms with Crippen LogP contribution in [0.4, 0.5) is 0 Å². The predicted octanol–water partition coefficient (Wildman–Crippen LogP) is 0.482. The zero-order chi connectivity index (χ0) is 8.74. The topological polar surface area (TPSA) is 70.5 Å². The molecule has 84 valence electrons. The van der Waals surface area contributed by atoms with Crippen molar-refractivity contribution in [2.75, 3.05) is 26.3 Å². The zero-order valence-corrected chi connectivity index (χ0v) is 10.7. The highest BCUT2D eigenvalue weighted by Crippen LogP contribution is 2.04. The molecule has 0 atom stereocenters. The van der Waals surface area contributed by atoms with Gasteiger partial charge in [-0.1, -0.05) is 0 Å². The molecule has 4 nitrogen and oxygen atoms in total. The van der Waals surface area contributed by atoms with E-state index in [9.17, 15) is 0 Å². The highest BCUT2D eigenvalue weighted by Gasteiger charge is 2.23. The lowest BCUT2D eigenvalue weighted by Gasteiger charge is -2.21. The lowest BCUT2D eigenvalue weighted by molar-refractivity contribution is 0.188. The van der Waals surface area contributed by atoms with E-state index in [1.165, 1.54) is 0 Å². The monoisotopic (exact) mass is 250 g/mol. The van der Waals surface area contributed by atoms with Crippen molar-refractivity contribution < 1.29 is 8.85 Å². The van der Waals surface area contributed by atoms with Gasteiger partial charge in [-0.3, -0.25) is 0 Å². The molecule has 0 saturated carbocycles. The smallest absolute Gasteiger partial charge is 0.331 e. The molecule has 7 heteroatoms. The van der Waals surface area contributed by atoms with Crippen LogP contribution in [-0.2, 0) is 8.85 Å². The molecule has 0 aromatic carbocycles. The molecule has 0 aromatic rings. The van der Waals surface area contributed by atoms with Crippen LogP contribution >= 0.6 is 24.8 Å². The van der Waals surface area contributed by atoms with Crippen LogP contribution in [0.2, 0.25) is 13.1 Å². The van der Waals surface area contributed by atoms with Crippen molar-refractivity contribution in [3.63, 3.8) is 0 Å². The minimum Gasteiger partial charge on any atom is -0.393 e. The summed E-state index contributed by atoms with van der Waals surface area (Å²) in [6.07, 6.45) is 0. The molecule has 0 bridgehead atoms. The van der Waals surface area contributed by atoms with Gasteiger partial charge in [0.05, 0.1) is 0 Å². The number of nitrogens with two attached hydrogens (primary N) is 2. The second-order valence-corrected chi connectivity index (χ2v) is 6.05. The largest absolute Gasteiger partial charge is 0.393 e. The first-order chi connectivity index (χ1) is 5.12. The Balaban J connectivity index is -0.000000500. The van der Waals surface area contributed by atoms with Crippen molar-refractivity contribution in [1.82, 2.24) is 0 Å². The second kappa shape index (κ2) is 10.7.